The molecule has 0 aromatic heterocycles. The van der Waals surface area contributed by atoms with E-state index in [0.29, 0.717) is 12.3 Å². The van der Waals surface area contributed by atoms with Gasteiger partial charge in [0.1, 0.15) is 0 Å². The summed E-state index contributed by atoms with van der Waals surface area (Å²) in [6.45, 7) is 5.65. The number of carboxylic acids is 1. The molecule has 0 radical (unpaired) electrons. The number of hydrogen-bond donors (Lipinski definition) is 3. The molecule has 0 aliphatic carbocycles. The predicted molar refractivity (Wildman–Crippen MR) is 61.9 cm³/mol. The first-order valence-electron chi connectivity index (χ1n) is 5.64. The van der Waals surface area contributed by atoms with Crippen LogP contribution in [0, 0.1) is 5.92 Å². The average molecular weight is 230 g/mol. The molecule has 94 valence electrons. The van der Waals surface area contributed by atoms with Crippen LogP contribution < -0.4 is 11.1 Å². The van der Waals surface area contributed by atoms with Crippen molar-refractivity contribution in [2.24, 2.45) is 11.7 Å². The van der Waals surface area contributed by atoms with Crippen LogP contribution in [0.3, 0.4) is 0 Å². The largest absolute Gasteiger partial charge is 0.481 e. The summed E-state index contributed by atoms with van der Waals surface area (Å²) in [5, 5.41) is 11.4. The fraction of sp³-hybridized carbons (Fsp3) is 0.818. The van der Waals surface area contributed by atoms with Gasteiger partial charge in [0, 0.05) is 6.04 Å². The zero-order valence-corrected chi connectivity index (χ0v) is 10.2. The maximum atomic E-state index is 11.4. The molecule has 0 bridgehead atoms. The first-order valence-corrected chi connectivity index (χ1v) is 5.64. The summed E-state index contributed by atoms with van der Waals surface area (Å²) in [6, 6.07) is -0.931. The molecular formula is C11H22N2O3. The van der Waals surface area contributed by atoms with Crippen LogP contribution in [0.5, 0.6) is 0 Å². The Balaban J connectivity index is 4.31. The van der Waals surface area contributed by atoms with Crippen LogP contribution in [-0.2, 0) is 9.59 Å². The van der Waals surface area contributed by atoms with Crippen LogP contribution in [0.1, 0.15) is 40.0 Å². The SMILES string of the molecule is CC[C@@H](C)C[C@H](CC(=O)O)NC(=O)[C@H](C)N. The van der Waals surface area contributed by atoms with Gasteiger partial charge in [0.2, 0.25) is 5.91 Å². The highest BCUT2D eigenvalue weighted by atomic mass is 16.4. The fourth-order valence-electron chi connectivity index (χ4n) is 1.39. The van der Waals surface area contributed by atoms with Crippen LogP contribution in [0.25, 0.3) is 0 Å². The Labute approximate surface area is 96.4 Å². The van der Waals surface area contributed by atoms with Gasteiger partial charge >= 0.3 is 5.97 Å². The predicted octanol–water partition coefficient (Wildman–Crippen LogP) is 0.729. The third-order valence-electron chi connectivity index (χ3n) is 2.56. The second-order valence-electron chi connectivity index (χ2n) is 4.34. The first kappa shape index (κ1) is 14.9. The molecule has 5 heteroatoms. The molecule has 0 rings (SSSR count). The number of rotatable bonds is 7. The van der Waals surface area contributed by atoms with Crippen LogP contribution >= 0.6 is 0 Å². The van der Waals surface area contributed by atoms with E-state index in [0.717, 1.165) is 6.42 Å². The molecule has 0 fully saturated rings. The van der Waals surface area contributed by atoms with E-state index >= 15 is 0 Å². The Bertz CT molecular complexity index is 241. The molecular weight excluding hydrogens is 208 g/mol. The van der Waals surface area contributed by atoms with Crippen LogP contribution in [-0.4, -0.2) is 29.1 Å². The third kappa shape index (κ3) is 6.40. The van der Waals surface area contributed by atoms with Gasteiger partial charge in [-0.1, -0.05) is 20.3 Å². The summed E-state index contributed by atoms with van der Waals surface area (Å²) in [5.41, 5.74) is 5.42. The molecule has 3 atom stereocenters. The number of carboxylic acid groups (broad SMARTS) is 1. The maximum absolute atomic E-state index is 11.4. The van der Waals surface area contributed by atoms with E-state index in [9.17, 15) is 9.59 Å². The smallest absolute Gasteiger partial charge is 0.305 e. The van der Waals surface area contributed by atoms with Gasteiger partial charge < -0.3 is 16.2 Å². The Morgan fingerprint density at radius 3 is 2.31 bits per heavy atom. The number of hydrogen-bond acceptors (Lipinski definition) is 3. The van der Waals surface area contributed by atoms with E-state index < -0.39 is 12.0 Å². The van der Waals surface area contributed by atoms with Crippen molar-refractivity contribution in [2.45, 2.75) is 52.1 Å². The second-order valence-corrected chi connectivity index (χ2v) is 4.34. The van der Waals surface area contributed by atoms with E-state index in [2.05, 4.69) is 5.32 Å². The minimum absolute atomic E-state index is 0.0528. The summed E-state index contributed by atoms with van der Waals surface area (Å²) >= 11 is 0. The molecule has 0 aliphatic heterocycles. The summed E-state index contributed by atoms with van der Waals surface area (Å²) < 4.78 is 0. The summed E-state index contributed by atoms with van der Waals surface area (Å²) in [6.07, 6.45) is 1.58. The number of aliphatic carboxylic acids is 1. The molecule has 0 heterocycles. The second kappa shape index (κ2) is 7.22. The highest BCUT2D eigenvalue weighted by molar-refractivity contribution is 5.81. The molecule has 1 amide bonds. The fourth-order valence-corrected chi connectivity index (χ4v) is 1.39. The molecule has 0 aromatic carbocycles. The molecule has 0 saturated carbocycles. The molecule has 0 spiro atoms. The quantitative estimate of drug-likeness (QED) is 0.601. The normalized spacial score (nSPS) is 16.2. The van der Waals surface area contributed by atoms with E-state index in [1.165, 1.54) is 0 Å². The van der Waals surface area contributed by atoms with Gasteiger partial charge in [0.15, 0.2) is 0 Å². The van der Waals surface area contributed by atoms with E-state index in [1.807, 2.05) is 13.8 Å². The van der Waals surface area contributed by atoms with Crippen molar-refractivity contribution in [2.75, 3.05) is 0 Å². The zero-order valence-electron chi connectivity index (χ0n) is 10.2. The van der Waals surface area contributed by atoms with Gasteiger partial charge in [-0.25, -0.2) is 0 Å². The average Bonchev–Trinajstić information content (AvgIpc) is 2.16. The van der Waals surface area contributed by atoms with Gasteiger partial charge in [-0.15, -0.1) is 0 Å². The number of carbonyl (C=O) groups excluding carboxylic acids is 1. The minimum atomic E-state index is -0.904. The van der Waals surface area contributed by atoms with Crippen molar-refractivity contribution in [3.63, 3.8) is 0 Å². The summed E-state index contributed by atoms with van der Waals surface area (Å²) in [5.74, 6) is -0.814. The topological polar surface area (TPSA) is 92.4 Å². The Hall–Kier alpha value is -1.10. The highest BCUT2D eigenvalue weighted by Gasteiger charge is 2.19. The molecule has 0 aromatic rings. The molecule has 5 nitrogen and oxygen atoms in total. The molecule has 0 unspecified atom stereocenters. The maximum Gasteiger partial charge on any atom is 0.305 e. The lowest BCUT2D eigenvalue weighted by molar-refractivity contribution is -0.137. The lowest BCUT2D eigenvalue weighted by Gasteiger charge is -2.21. The number of nitrogens with two attached hydrogens (primary N) is 1. The lowest BCUT2D eigenvalue weighted by atomic mass is 9.97. The Morgan fingerprint density at radius 2 is 1.94 bits per heavy atom. The van der Waals surface area contributed by atoms with Crippen molar-refractivity contribution in [1.29, 1.82) is 0 Å². The van der Waals surface area contributed by atoms with Crippen LogP contribution in [0.4, 0.5) is 0 Å². The molecule has 16 heavy (non-hydrogen) atoms. The summed E-state index contributed by atoms with van der Waals surface area (Å²) in [7, 11) is 0. The highest BCUT2D eigenvalue weighted by Crippen LogP contribution is 2.12. The third-order valence-corrected chi connectivity index (χ3v) is 2.56. The van der Waals surface area contributed by atoms with Gasteiger partial charge in [-0.05, 0) is 19.3 Å². The standard InChI is InChI=1S/C11H22N2O3/c1-4-7(2)5-9(6-10(14)15)13-11(16)8(3)12/h7-9H,4-6,12H2,1-3H3,(H,13,16)(H,14,15)/t7-,8+,9-/m1/s1. The van der Waals surface area contributed by atoms with Gasteiger partial charge in [0.05, 0.1) is 12.5 Å². The number of amides is 1. The van der Waals surface area contributed by atoms with Crippen LogP contribution in [0.2, 0.25) is 0 Å². The first-order chi connectivity index (χ1) is 7.36. The van der Waals surface area contributed by atoms with Crippen molar-refractivity contribution in [3.05, 3.63) is 0 Å². The number of nitrogens with one attached hydrogen (secondary N) is 1. The Morgan fingerprint density at radius 1 is 1.38 bits per heavy atom. The number of carbonyl (C=O) groups is 2. The van der Waals surface area contributed by atoms with Crippen LogP contribution in [0.15, 0.2) is 0 Å². The zero-order chi connectivity index (χ0) is 12.7. The molecule has 4 N–H and O–H groups in total. The van der Waals surface area contributed by atoms with Crippen molar-refractivity contribution >= 4 is 11.9 Å². The minimum Gasteiger partial charge on any atom is -0.481 e. The van der Waals surface area contributed by atoms with Crippen molar-refractivity contribution in [1.82, 2.24) is 5.32 Å². The van der Waals surface area contributed by atoms with E-state index in [-0.39, 0.29) is 18.4 Å². The lowest BCUT2D eigenvalue weighted by Crippen LogP contribution is -2.45. The van der Waals surface area contributed by atoms with Gasteiger partial charge in [-0.2, -0.15) is 0 Å². The molecule has 0 saturated heterocycles. The monoisotopic (exact) mass is 230 g/mol. The van der Waals surface area contributed by atoms with Gasteiger partial charge in [-0.3, -0.25) is 9.59 Å². The van der Waals surface area contributed by atoms with E-state index in [4.69, 9.17) is 10.8 Å². The van der Waals surface area contributed by atoms with Crippen molar-refractivity contribution in [3.8, 4) is 0 Å². The van der Waals surface area contributed by atoms with Crippen molar-refractivity contribution < 1.29 is 14.7 Å². The molecule has 0 aliphatic rings. The summed E-state index contributed by atoms with van der Waals surface area (Å²) in [4.78, 5) is 22.0. The Kier molecular flexibility index (Phi) is 6.72. The van der Waals surface area contributed by atoms with E-state index in [1.54, 1.807) is 6.92 Å². The van der Waals surface area contributed by atoms with Gasteiger partial charge in [0.25, 0.3) is 0 Å².